The fraction of sp³-hybridized carbons (Fsp3) is 0.733. The molecule has 0 bridgehead atoms. The molecule has 0 spiro atoms. The lowest BCUT2D eigenvalue weighted by Crippen LogP contribution is -2.53. The van der Waals surface area contributed by atoms with Crippen LogP contribution in [-0.4, -0.2) is 40.5 Å². The van der Waals surface area contributed by atoms with E-state index < -0.39 is 0 Å². The third-order valence-electron chi connectivity index (χ3n) is 4.54. The smallest absolute Gasteiger partial charge is 0.115 e. The van der Waals surface area contributed by atoms with Crippen molar-refractivity contribution in [2.24, 2.45) is 5.92 Å². The average molecular weight is 260 g/mol. The number of hydrogen-bond donors (Lipinski definition) is 1. The second kappa shape index (κ2) is 6.44. The highest BCUT2D eigenvalue weighted by atomic mass is 15.2. The van der Waals surface area contributed by atoms with Gasteiger partial charge in [-0.1, -0.05) is 19.3 Å². The lowest BCUT2D eigenvalue weighted by molar-refractivity contribution is 0.140. The van der Waals surface area contributed by atoms with Gasteiger partial charge in [-0.3, -0.25) is 4.90 Å². The van der Waals surface area contributed by atoms with Gasteiger partial charge >= 0.3 is 0 Å². The van der Waals surface area contributed by atoms with Gasteiger partial charge in [0.05, 0.1) is 5.69 Å². The zero-order chi connectivity index (χ0) is 12.9. The lowest BCUT2D eigenvalue weighted by atomic mass is 9.83. The standard InChI is InChI=1S/C15H24N4/c1-2-4-13(5-3-1)15-11-19(9-8-17-15)10-14-6-7-16-12-18-14/h6-7,12-13,15,17H,1-5,8-11H2. The van der Waals surface area contributed by atoms with Gasteiger partial charge in [0.15, 0.2) is 0 Å². The first-order valence-corrected chi connectivity index (χ1v) is 7.62. The van der Waals surface area contributed by atoms with E-state index in [-0.39, 0.29) is 0 Å². The molecule has 2 heterocycles. The van der Waals surface area contributed by atoms with Crippen molar-refractivity contribution in [2.75, 3.05) is 19.6 Å². The molecular formula is C15H24N4. The maximum atomic E-state index is 4.34. The van der Waals surface area contributed by atoms with Crippen molar-refractivity contribution in [1.29, 1.82) is 0 Å². The van der Waals surface area contributed by atoms with E-state index in [4.69, 9.17) is 0 Å². The first kappa shape index (κ1) is 13.0. The SMILES string of the molecule is c1cc(CN2CCNC(C3CCCCC3)C2)ncn1. The van der Waals surface area contributed by atoms with Crippen molar-refractivity contribution in [2.45, 2.75) is 44.7 Å². The van der Waals surface area contributed by atoms with Gasteiger partial charge in [-0.25, -0.2) is 9.97 Å². The van der Waals surface area contributed by atoms with E-state index in [2.05, 4.69) is 20.2 Å². The molecule has 104 valence electrons. The minimum absolute atomic E-state index is 0.691. The van der Waals surface area contributed by atoms with Crippen LogP contribution in [-0.2, 0) is 6.54 Å². The van der Waals surface area contributed by atoms with Crippen LogP contribution in [0.2, 0.25) is 0 Å². The molecule has 2 aliphatic rings. The van der Waals surface area contributed by atoms with Crippen LogP contribution in [0.5, 0.6) is 0 Å². The largest absolute Gasteiger partial charge is 0.311 e. The van der Waals surface area contributed by atoms with Gasteiger partial charge in [0, 0.05) is 38.4 Å². The van der Waals surface area contributed by atoms with Crippen LogP contribution >= 0.6 is 0 Å². The van der Waals surface area contributed by atoms with Crippen LogP contribution in [0.3, 0.4) is 0 Å². The van der Waals surface area contributed by atoms with Crippen LogP contribution in [0.15, 0.2) is 18.6 Å². The van der Waals surface area contributed by atoms with Crippen molar-refractivity contribution in [3.63, 3.8) is 0 Å². The van der Waals surface area contributed by atoms with Crippen molar-refractivity contribution in [3.05, 3.63) is 24.3 Å². The van der Waals surface area contributed by atoms with Gasteiger partial charge in [-0.05, 0) is 24.8 Å². The number of hydrogen-bond acceptors (Lipinski definition) is 4. The summed E-state index contributed by atoms with van der Waals surface area (Å²) in [5, 5.41) is 3.73. The summed E-state index contributed by atoms with van der Waals surface area (Å²) in [7, 11) is 0. The predicted molar refractivity (Wildman–Crippen MR) is 75.7 cm³/mol. The Morgan fingerprint density at radius 2 is 2.16 bits per heavy atom. The highest BCUT2D eigenvalue weighted by molar-refractivity contribution is 4.98. The molecule has 1 saturated heterocycles. The Morgan fingerprint density at radius 1 is 1.26 bits per heavy atom. The van der Waals surface area contributed by atoms with E-state index in [0.29, 0.717) is 6.04 Å². The van der Waals surface area contributed by atoms with Gasteiger partial charge in [-0.2, -0.15) is 0 Å². The molecule has 1 saturated carbocycles. The van der Waals surface area contributed by atoms with Crippen molar-refractivity contribution in [3.8, 4) is 0 Å². The summed E-state index contributed by atoms with van der Waals surface area (Å²) in [5.41, 5.74) is 1.14. The third-order valence-corrected chi connectivity index (χ3v) is 4.54. The van der Waals surface area contributed by atoms with Crippen LogP contribution in [0.25, 0.3) is 0 Å². The number of nitrogens with zero attached hydrogens (tertiary/aromatic N) is 3. The Balaban J connectivity index is 1.55. The Morgan fingerprint density at radius 3 is 2.95 bits per heavy atom. The topological polar surface area (TPSA) is 41.0 Å². The summed E-state index contributed by atoms with van der Waals surface area (Å²) in [6.45, 7) is 4.39. The average Bonchev–Trinajstić information content (AvgIpc) is 2.49. The summed E-state index contributed by atoms with van der Waals surface area (Å²) >= 11 is 0. The minimum Gasteiger partial charge on any atom is -0.311 e. The normalized spacial score (nSPS) is 26.4. The van der Waals surface area contributed by atoms with Gasteiger partial charge in [-0.15, -0.1) is 0 Å². The first-order chi connectivity index (χ1) is 9.42. The molecule has 3 rings (SSSR count). The number of rotatable bonds is 3. The van der Waals surface area contributed by atoms with Gasteiger partial charge in [0.1, 0.15) is 6.33 Å². The highest BCUT2D eigenvalue weighted by Gasteiger charge is 2.27. The quantitative estimate of drug-likeness (QED) is 0.900. The Kier molecular flexibility index (Phi) is 4.41. The van der Waals surface area contributed by atoms with Crippen molar-refractivity contribution in [1.82, 2.24) is 20.2 Å². The molecule has 1 aromatic rings. The number of aromatic nitrogens is 2. The molecule has 1 N–H and O–H groups in total. The van der Waals surface area contributed by atoms with E-state index >= 15 is 0 Å². The first-order valence-electron chi connectivity index (χ1n) is 7.62. The van der Waals surface area contributed by atoms with Crippen LogP contribution in [0, 0.1) is 5.92 Å². The Hall–Kier alpha value is -1.00. The Bertz CT molecular complexity index is 375. The van der Waals surface area contributed by atoms with Crippen molar-refractivity contribution >= 4 is 0 Å². The van der Waals surface area contributed by atoms with Crippen LogP contribution in [0.4, 0.5) is 0 Å². The van der Waals surface area contributed by atoms with Crippen LogP contribution in [0.1, 0.15) is 37.8 Å². The Labute approximate surface area is 115 Å². The minimum atomic E-state index is 0.691. The van der Waals surface area contributed by atoms with Gasteiger partial charge in [0.2, 0.25) is 0 Å². The van der Waals surface area contributed by atoms with Gasteiger partial charge < -0.3 is 5.32 Å². The second-order valence-corrected chi connectivity index (χ2v) is 5.89. The molecule has 1 unspecified atom stereocenters. The molecule has 1 atom stereocenters. The van der Waals surface area contributed by atoms with Crippen molar-refractivity contribution < 1.29 is 0 Å². The monoisotopic (exact) mass is 260 g/mol. The molecule has 0 aromatic carbocycles. The van der Waals surface area contributed by atoms with Gasteiger partial charge in [0.25, 0.3) is 0 Å². The summed E-state index contributed by atoms with van der Waals surface area (Å²) < 4.78 is 0. The summed E-state index contributed by atoms with van der Waals surface area (Å²) in [4.78, 5) is 10.9. The fourth-order valence-electron chi connectivity index (χ4n) is 3.48. The van der Waals surface area contributed by atoms with E-state index in [1.807, 2.05) is 12.3 Å². The molecule has 19 heavy (non-hydrogen) atoms. The number of piperazine rings is 1. The molecule has 4 nitrogen and oxygen atoms in total. The predicted octanol–water partition coefficient (Wildman–Crippen LogP) is 1.83. The maximum Gasteiger partial charge on any atom is 0.115 e. The molecular weight excluding hydrogens is 236 g/mol. The maximum absolute atomic E-state index is 4.34. The molecule has 1 aliphatic carbocycles. The fourth-order valence-corrected chi connectivity index (χ4v) is 3.48. The summed E-state index contributed by atoms with van der Waals surface area (Å²) in [6.07, 6.45) is 10.6. The third kappa shape index (κ3) is 3.51. The molecule has 1 aliphatic heterocycles. The zero-order valence-electron chi connectivity index (χ0n) is 11.6. The molecule has 1 aromatic heterocycles. The summed E-state index contributed by atoms with van der Waals surface area (Å²) in [5.74, 6) is 0.891. The van der Waals surface area contributed by atoms with E-state index in [1.165, 1.54) is 38.6 Å². The molecule has 0 radical (unpaired) electrons. The summed E-state index contributed by atoms with van der Waals surface area (Å²) in [6, 6.07) is 2.72. The van der Waals surface area contributed by atoms with E-state index in [9.17, 15) is 0 Å². The molecule has 2 fully saturated rings. The molecule has 4 heteroatoms. The van der Waals surface area contributed by atoms with E-state index in [1.54, 1.807) is 6.33 Å². The highest BCUT2D eigenvalue weighted by Crippen LogP contribution is 2.27. The second-order valence-electron chi connectivity index (χ2n) is 5.89. The number of nitrogens with one attached hydrogen (secondary N) is 1. The molecule has 0 amide bonds. The zero-order valence-corrected chi connectivity index (χ0v) is 11.6. The van der Waals surface area contributed by atoms with Crippen LogP contribution < -0.4 is 5.32 Å². The van der Waals surface area contributed by atoms with E-state index in [0.717, 1.165) is 31.2 Å². The lowest BCUT2D eigenvalue weighted by Gasteiger charge is -2.39.